The predicted octanol–water partition coefficient (Wildman–Crippen LogP) is 4.28. The van der Waals surface area contributed by atoms with Gasteiger partial charge in [0.2, 0.25) is 0 Å². The summed E-state index contributed by atoms with van der Waals surface area (Å²) in [6.45, 7) is -0.436. The lowest BCUT2D eigenvalue weighted by molar-refractivity contribution is -0.378. The molecule has 0 spiro atoms. The van der Waals surface area contributed by atoms with Crippen LogP contribution in [-0.4, -0.2) is 41.5 Å². The minimum Gasteiger partial charge on any atom is -0.384 e. The summed E-state index contributed by atoms with van der Waals surface area (Å²) in [5.41, 5.74) is -18.2. The van der Waals surface area contributed by atoms with Crippen molar-refractivity contribution in [2.75, 3.05) is 11.9 Å². The summed E-state index contributed by atoms with van der Waals surface area (Å²) in [5.74, 6) is 0. The molecule has 1 aromatic carbocycles. The average molecular weight is 451 g/mol. The van der Waals surface area contributed by atoms with Crippen molar-refractivity contribution in [1.29, 1.82) is 0 Å². The van der Waals surface area contributed by atoms with Gasteiger partial charge in [-0.2, -0.15) is 52.7 Å². The average Bonchev–Trinajstić information content (AvgIpc) is 2.96. The van der Waals surface area contributed by atoms with Gasteiger partial charge in [-0.1, -0.05) is 6.07 Å². The zero-order valence-corrected chi connectivity index (χ0v) is 13.5. The Balaban J connectivity index is 2.97. The molecule has 29 heavy (non-hydrogen) atoms. The maximum Gasteiger partial charge on any atom is 0.430 e. The number of halogens is 12. The highest BCUT2D eigenvalue weighted by molar-refractivity contribution is 5.66. The number of benzene rings is 1. The zero-order valence-electron chi connectivity index (χ0n) is 13.5. The molecular formula is C14H9F12NO2. The monoisotopic (exact) mass is 451 g/mol. The van der Waals surface area contributed by atoms with Crippen molar-refractivity contribution < 1.29 is 62.9 Å². The third-order valence-electron chi connectivity index (χ3n) is 4.36. The largest absolute Gasteiger partial charge is 0.430 e. The molecule has 0 bridgehead atoms. The van der Waals surface area contributed by atoms with Crippen molar-refractivity contribution in [3.8, 4) is 0 Å². The van der Waals surface area contributed by atoms with Gasteiger partial charge < -0.3 is 15.5 Å². The molecule has 0 radical (unpaired) electrons. The van der Waals surface area contributed by atoms with Crippen LogP contribution < -0.4 is 5.32 Å². The molecule has 1 heterocycles. The first-order chi connectivity index (χ1) is 12.7. The van der Waals surface area contributed by atoms with E-state index in [0.29, 0.717) is 0 Å². The van der Waals surface area contributed by atoms with Crippen LogP contribution in [-0.2, 0) is 17.6 Å². The number of anilines is 1. The van der Waals surface area contributed by atoms with E-state index in [9.17, 15) is 62.9 Å². The fraction of sp³-hybridized carbons (Fsp3) is 0.571. The molecule has 1 aliphatic rings. The Kier molecular flexibility index (Phi) is 5.08. The van der Waals surface area contributed by atoms with Crippen molar-refractivity contribution in [2.24, 2.45) is 0 Å². The second kappa shape index (κ2) is 6.30. The van der Waals surface area contributed by atoms with Crippen LogP contribution in [0.25, 0.3) is 0 Å². The molecular weight excluding hydrogens is 442 g/mol. The van der Waals surface area contributed by atoms with Crippen molar-refractivity contribution in [2.45, 2.75) is 42.3 Å². The van der Waals surface area contributed by atoms with Gasteiger partial charge >= 0.3 is 24.7 Å². The molecule has 0 unspecified atom stereocenters. The van der Waals surface area contributed by atoms with Gasteiger partial charge in [0.25, 0.3) is 11.2 Å². The first-order valence-corrected chi connectivity index (χ1v) is 7.33. The van der Waals surface area contributed by atoms with Gasteiger partial charge in [-0.15, -0.1) is 0 Å². The molecule has 1 aromatic rings. The summed E-state index contributed by atoms with van der Waals surface area (Å²) in [6.07, 6.45) is -26.8. The Morgan fingerprint density at radius 3 is 1.45 bits per heavy atom. The van der Waals surface area contributed by atoms with Gasteiger partial charge in [0.1, 0.15) is 0 Å². The third-order valence-corrected chi connectivity index (χ3v) is 4.36. The minimum absolute atomic E-state index is 0.00696. The lowest BCUT2D eigenvalue weighted by Crippen LogP contribution is -2.56. The summed E-state index contributed by atoms with van der Waals surface area (Å²) in [7, 11) is 0. The van der Waals surface area contributed by atoms with Crippen LogP contribution in [0.3, 0.4) is 0 Å². The van der Waals surface area contributed by atoms with E-state index in [-0.39, 0.29) is 6.07 Å². The Morgan fingerprint density at radius 2 is 1.07 bits per heavy atom. The molecule has 1 aliphatic heterocycles. The van der Waals surface area contributed by atoms with Gasteiger partial charge in [-0.05, 0) is 18.1 Å². The summed E-state index contributed by atoms with van der Waals surface area (Å²) in [5, 5.41) is 20.8. The van der Waals surface area contributed by atoms with E-state index >= 15 is 0 Å². The van der Waals surface area contributed by atoms with Gasteiger partial charge in [-0.3, -0.25) is 0 Å². The molecule has 166 valence electrons. The maximum absolute atomic E-state index is 13.1. The van der Waals surface area contributed by atoms with Crippen molar-refractivity contribution >= 4 is 5.69 Å². The normalized spacial score (nSPS) is 16.6. The molecule has 3 N–H and O–H groups in total. The fourth-order valence-corrected chi connectivity index (χ4v) is 2.88. The van der Waals surface area contributed by atoms with Crippen molar-refractivity contribution in [1.82, 2.24) is 0 Å². The van der Waals surface area contributed by atoms with Crippen LogP contribution in [0, 0.1) is 0 Å². The molecule has 0 saturated carbocycles. The third kappa shape index (κ3) is 3.27. The van der Waals surface area contributed by atoms with E-state index in [1.165, 1.54) is 0 Å². The second-order valence-corrected chi connectivity index (χ2v) is 6.15. The molecule has 0 saturated heterocycles. The van der Waals surface area contributed by atoms with Crippen LogP contribution in [0.15, 0.2) is 12.1 Å². The first-order valence-electron chi connectivity index (χ1n) is 7.33. The maximum atomic E-state index is 13.1. The van der Waals surface area contributed by atoms with E-state index < -0.39 is 77.3 Å². The van der Waals surface area contributed by atoms with Crippen LogP contribution >= 0.6 is 0 Å². The molecule has 0 atom stereocenters. The Labute approximate surface area is 152 Å². The van der Waals surface area contributed by atoms with E-state index in [1.54, 1.807) is 0 Å². The number of alkyl halides is 12. The summed E-state index contributed by atoms with van der Waals surface area (Å²) < 4.78 is 157. The highest BCUT2D eigenvalue weighted by Crippen LogP contribution is 2.56. The minimum atomic E-state index is -6.57. The number of fused-ring (bicyclic) bond motifs is 1. The van der Waals surface area contributed by atoms with E-state index in [4.69, 9.17) is 0 Å². The lowest BCUT2D eigenvalue weighted by Gasteiger charge is -2.37. The Bertz CT molecular complexity index is 762. The standard InChI is InChI=1S/C14H9F12NO2/c15-11(16,17)9(28,12(18,19)20)6-3-5-1-2-27-8(5)7(4-6)10(29,13(21,22)23)14(24,25)26/h3-4,27-29H,1-2H2. The summed E-state index contributed by atoms with van der Waals surface area (Å²) in [6, 6.07) is -0.800. The fourth-order valence-electron chi connectivity index (χ4n) is 2.88. The lowest BCUT2D eigenvalue weighted by atomic mass is 9.83. The number of hydrogen-bond acceptors (Lipinski definition) is 3. The van der Waals surface area contributed by atoms with Crippen LogP contribution in [0.2, 0.25) is 0 Å². The highest BCUT2D eigenvalue weighted by Gasteiger charge is 2.74. The smallest absolute Gasteiger partial charge is 0.384 e. The Hall–Kier alpha value is -1.90. The molecule has 0 aliphatic carbocycles. The molecule has 2 rings (SSSR count). The quantitative estimate of drug-likeness (QED) is 0.589. The molecule has 3 nitrogen and oxygen atoms in total. The SMILES string of the molecule is OC(c1cc2c(c(C(O)(C(F)(F)F)C(F)(F)F)c1)NCC2)(C(F)(F)F)C(F)(F)F. The van der Waals surface area contributed by atoms with Crippen molar-refractivity contribution in [3.63, 3.8) is 0 Å². The number of hydrogen-bond donors (Lipinski definition) is 3. The van der Waals surface area contributed by atoms with Crippen LogP contribution in [0.4, 0.5) is 58.4 Å². The van der Waals surface area contributed by atoms with Gasteiger partial charge in [-0.25, -0.2) is 0 Å². The highest BCUT2D eigenvalue weighted by atomic mass is 19.4. The number of aliphatic hydroxyl groups is 2. The van der Waals surface area contributed by atoms with Gasteiger partial charge in [0.05, 0.1) is 0 Å². The first kappa shape index (κ1) is 23.4. The Morgan fingerprint density at radius 1 is 0.655 bits per heavy atom. The van der Waals surface area contributed by atoms with E-state index in [2.05, 4.69) is 0 Å². The van der Waals surface area contributed by atoms with Crippen LogP contribution in [0.5, 0.6) is 0 Å². The van der Waals surface area contributed by atoms with Crippen LogP contribution in [0.1, 0.15) is 16.7 Å². The zero-order chi connectivity index (χ0) is 22.8. The van der Waals surface area contributed by atoms with E-state index in [0.717, 1.165) is 0 Å². The number of rotatable bonds is 2. The molecule has 0 amide bonds. The van der Waals surface area contributed by atoms with Gasteiger partial charge in [0.15, 0.2) is 0 Å². The van der Waals surface area contributed by atoms with Gasteiger partial charge in [0, 0.05) is 23.4 Å². The molecule has 0 fully saturated rings. The van der Waals surface area contributed by atoms with Crippen molar-refractivity contribution in [3.05, 3.63) is 28.8 Å². The molecule has 15 heteroatoms. The predicted molar refractivity (Wildman–Crippen MR) is 70.6 cm³/mol. The summed E-state index contributed by atoms with van der Waals surface area (Å²) >= 11 is 0. The summed E-state index contributed by atoms with van der Waals surface area (Å²) in [4.78, 5) is 0. The topological polar surface area (TPSA) is 52.5 Å². The number of nitrogens with one attached hydrogen (secondary N) is 1. The second-order valence-electron chi connectivity index (χ2n) is 6.15. The molecule has 0 aromatic heterocycles. The van der Waals surface area contributed by atoms with E-state index in [1.807, 2.05) is 5.32 Å².